The zero-order valence-electron chi connectivity index (χ0n) is 9.78. The van der Waals surface area contributed by atoms with Crippen molar-refractivity contribution in [2.75, 3.05) is 0 Å². The summed E-state index contributed by atoms with van der Waals surface area (Å²) in [4.78, 5) is 24.7. The highest BCUT2D eigenvalue weighted by Crippen LogP contribution is 2.28. The standard InChI is InChI=1S/C11H19NO3/c1-7-5-9(14)12(10(15)6-7)11(3,4)8(2)13/h7-8,13H,5-6H2,1-4H3. The van der Waals surface area contributed by atoms with Crippen LogP contribution < -0.4 is 0 Å². The number of hydrogen-bond acceptors (Lipinski definition) is 3. The van der Waals surface area contributed by atoms with Crippen molar-refractivity contribution < 1.29 is 14.7 Å². The lowest BCUT2D eigenvalue weighted by Crippen LogP contribution is -2.59. The predicted octanol–water partition coefficient (Wildman–Crippen LogP) is 0.931. The molecule has 1 aliphatic heterocycles. The number of aliphatic hydroxyl groups is 1. The molecule has 1 atom stereocenters. The number of carbonyl (C=O) groups excluding carboxylic acids is 2. The Morgan fingerprint density at radius 3 is 2.07 bits per heavy atom. The molecule has 1 unspecified atom stereocenters. The minimum Gasteiger partial charge on any atom is -0.391 e. The van der Waals surface area contributed by atoms with Crippen LogP contribution in [0.4, 0.5) is 0 Å². The lowest BCUT2D eigenvalue weighted by atomic mass is 9.89. The number of aliphatic hydroxyl groups excluding tert-OH is 1. The Bertz CT molecular complexity index is 266. The molecule has 15 heavy (non-hydrogen) atoms. The molecule has 0 radical (unpaired) electrons. The van der Waals surface area contributed by atoms with E-state index in [9.17, 15) is 14.7 Å². The Morgan fingerprint density at radius 2 is 1.73 bits per heavy atom. The molecular weight excluding hydrogens is 194 g/mol. The van der Waals surface area contributed by atoms with Gasteiger partial charge in [-0.3, -0.25) is 14.5 Å². The zero-order valence-corrected chi connectivity index (χ0v) is 9.78. The van der Waals surface area contributed by atoms with Crippen molar-refractivity contribution in [3.05, 3.63) is 0 Å². The highest BCUT2D eigenvalue weighted by molar-refractivity contribution is 5.98. The smallest absolute Gasteiger partial charge is 0.230 e. The molecule has 0 aromatic carbocycles. The summed E-state index contributed by atoms with van der Waals surface area (Å²) in [7, 11) is 0. The summed E-state index contributed by atoms with van der Waals surface area (Å²) in [5.41, 5.74) is -0.811. The van der Waals surface area contributed by atoms with Gasteiger partial charge in [0.05, 0.1) is 11.6 Å². The third-order valence-corrected chi connectivity index (χ3v) is 3.14. The predicted molar refractivity (Wildman–Crippen MR) is 56.0 cm³/mol. The Labute approximate surface area is 90.3 Å². The van der Waals surface area contributed by atoms with Gasteiger partial charge in [-0.05, 0) is 26.7 Å². The largest absolute Gasteiger partial charge is 0.391 e. The average molecular weight is 213 g/mol. The quantitative estimate of drug-likeness (QED) is 0.694. The number of likely N-dealkylation sites (tertiary alicyclic amines) is 1. The monoisotopic (exact) mass is 213 g/mol. The first-order chi connectivity index (χ1) is 6.76. The SMILES string of the molecule is CC1CC(=O)N(C(C)(C)C(C)O)C(=O)C1. The molecule has 1 N–H and O–H groups in total. The van der Waals surface area contributed by atoms with E-state index in [4.69, 9.17) is 0 Å². The van der Waals surface area contributed by atoms with Crippen LogP contribution >= 0.6 is 0 Å². The summed E-state index contributed by atoms with van der Waals surface area (Å²) in [5, 5.41) is 9.59. The van der Waals surface area contributed by atoms with Crippen molar-refractivity contribution in [3.8, 4) is 0 Å². The first-order valence-corrected chi connectivity index (χ1v) is 5.30. The Balaban J connectivity index is 2.94. The molecular formula is C11H19NO3. The minimum atomic E-state index is -0.811. The van der Waals surface area contributed by atoms with E-state index in [1.807, 2.05) is 6.92 Å². The Kier molecular flexibility index (Phi) is 3.19. The van der Waals surface area contributed by atoms with E-state index in [0.717, 1.165) is 0 Å². The van der Waals surface area contributed by atoms with Crippen LogP contribution in [-0.4, -0.2) is 33.5 Å². The molecule has 0 aromatic rings. The fourth-order valence-corrected chi connectivity index (χ4v) is 1.82. The highest BCUT2D eigenvalue weighted by atomic mass is 16.3. The van der Waals surface area contributed by atoms with Crippen molar-refractivity contribution in [3.63, 3.8) is 0 Å². The van der Waals surface area contributed by atoms with Gasteiger partial charge in [0.15, 0.2) is 0 Å². The van der Waals surface area contributed by atoms with Crippen LogP contribution in [0.25, 0.3) is 0 Å². The van der Waals surface area contributed by atoms with Crippen LogP contribution in [-0.2, 0) is 9.59 Å². The first kappa shape index (κ1) is 12.2. The summed E-state index contributed by atoms with van der Waals surface area (Å²) in [5.74, 6) is -0.236. The van der Waals surface area contributed by atoms with Gasteiger partial charge in [0, 0.05) is 12.8 Å². The lowest BCUT2D eigenvalue weighted by Gasteiger charge is -2.42. The van der Waals surface area contributed by atoms with Gasteiger partial charge in [0.1, 0.15) is 0 Å². The normalized spacial score (nSPS) is 22.1. The van der Waals surface area contributed by atoms with Crippen molar-refractivity contribution in [1.29, 1.82) is 0 Å². The number of hydrogen-bond donors (Lipinski definition) is 1. The third-order valence-electron chi connectivity index (χ3n) is 3.14. The van der Waals surface area contributed by atoms with Gasteiger partial charge >= 0.3 is 0 Å². The highest BCUT2D eigenvalue weighted by Gasteiger charge is 2.42. The van der Waals surface area contributed by atoms with E-state index in [0.29, 0.717) is 12.8 Å². The molecule has 0 aliphatic carbocycles. The maximum Gasteiger partial charge on any atom is 0.230 e. The Morgan fingerprint density at radius 1 is 1.33 bits per heavy atom. The molecule has 0 spiro atoms. The molecule has 1 saturated heterocycles. The molecule has 2 amide bonds. The van der Waals surface area contributed by atoms with Gasteiger partial charge in [0.2, 0.25) is 11.8 Å². The van der Waals surface area contributed by atoms with E-state index in [-0.39, 0.29) is 17.7 Å². The van der Waals surface area contributed by atoms with Crippen molar-refractivity contribution in [2.24, 2.45) is 5.92 Å². The number of piperidine rings is 1. The molecule has 4 nitrogen and oxygen atoms in total. The summed E-state index contributed by atoms with van der Waals surface area (Å²) < 4.78 is 0. The van der Waals surface area contributed by atoms with Gasteiger partial charge in [-0.2, -0.15) is 0 Å². The number of rotatable bonds is 2. The maximum atomic E-state index is 11.8. The van der Waals surface area contributed by atoms with Crippen molar-refractivity contribution in [1.82, 2.24) is 4.90 Å². The van der Waals surface area contributed by atoms with Crippen molar-refractivity contribution >= 4 is 11.8 Å². The van der Waals surface area contributed by atoms with Gasteiger partial charge in [-0.25, -0.2) is 0 Å². The summed E-state index contributed by atoms with van der Waals surface area (Å²) in [6.07, 6.45) is 0.0582. The molecule has 1 heterocycles. The number of amides is 2. The van der Waals surface area contributed by atoms with Gasteiger partial charge in [-0.1, -0.05) is 6.92 Å². The number of carbonyl (C=O) groups is 2. The summed E-state index contributed by atoms with van der Waals surface area (Å²) in [6, 6.07) is 0. The van der Waals surface area contributed by atoms with E-state index < -0.39 is 11.6 Å². The lowest BCUT2D eigenvalue weighted by molar-refractivity contribution is -0.160. The van der Waals surface area contributed by atoms with Crippen LogP contribution in [0.15, 0.2) is 0 Å². The minimum absolute atomic E-state index is 0.117. The molecule has 0 aromatic heterocycles. The maximum absolute atomic E-state index is 11.8. The topological polar surface area (TPSA) is 57.6 Å². The van der Waals surface area contributed by atoms with Crippen LogP contribution in [0.1, 0.15) is 40.5 Å². The second-order valence-corrected chi connectivity index (χ2v) is 4.97. The molecule has 1 rings (SSSR count). The molecule has 86 valence electrons. The summed E-state index contributed by atoms with van der Waals surface area (Å²) in [6.45, 7) is 6.91. The van der Waals surface area contributed by atoms with E-state index in [1.165, 1.54) is 4.90 Å². The van der Waals surface area contributed by atoms with E-state index >= 15 is 0 Å². The fraction of sp³-hybridized carbons (Fsp3) is 0.818. The van der Waals surface area contributed by atoms with Crippen LogP contribution in [0.5, 0.6) is 0 Å². The van der Waals surface area contributed by atoms with Gasteiger partial charge in [-0.15, -0.1) is 0 Å². The average Bonchev–Trinajstić information content (AvgIpc) is 2.00. The molecule has 4 heteroatoms. The summed E-state index contributed by atoms with van der Waals surface area (Å²) >= 11 is 0. The third kappa shape index (κ3) is 2.20. The molecule has 1 aliphatic rings. The molecule has 0 bridgehead atoms. The molecule has 1 fully saturated rings. The fourth-order valence-electron chi connectivity index (χ4n) is 1.82. The number of nitrogens with zero attached hydrogens (tertiary/aromatic N) is 1. The second-order valence-electron chi connectivity index (χ2n) is 4.97. The Hall–Kier alpha value is -0.900. The molecule has 0 saturated carbocycles. The first-order valence-electron chi connectivity index (χ1n) is 5.30. The number of imide groups is 1. The van der Waals surface area contributed by atoms with E-state index in [1.54, 1.807) is 20.8 Å². The van der Waals surface area contributed by atoms with E-state index in [2.05, 4.69) is 0 Å². The van der Waals surface area contributed by atoms with Crippen LogP contribution in [0.2, 0.25) is 0 Å². The van der Waals surface area contributed by atoms with Gasteiger partial charge in [0.25, 0.3) is 0 Å². The van der Waals surface area contributed by atoms with Gasteiger partial charge < -0.3 is 5.11 Å². The zero-order chi connectivity index (χ0) is 11.8. The van der Waals surface area contributed by atoms with Crippen LogP contribution in [0, 0.1) is 5.92 Å². The van der Waals surface area contributed by atoms with Crippen LogP contribution in [0.3, 0.4) is 0 Å². The van der Waals surface area contributed by atoms with Crippen molar-refractivity contribution in [2.45, 2.75) is 52.2 Å². The second kappa shape index (κ2) is 3.93.